The Labute approximate surface area is 223 Å². The van der Waals surface area contributed by atoms with Crippen LogP contribution in [0.4, 0.5) is 10.1 Å². The predicted octanol–water partition coefficient (Wildman–Crippen LogP) is 5.14. The second-order valence-electron chi connectivity index (χ2n) is 10.3. The third kappa shape index (κ3) is 5.67. The molecule has 37 heavy (non-hydrogen) atoms. The van der Waals surface area contributed by atoms with E-state index in [4.69, 9.17) is 16.3 Å². The predicted molar refractivity (Wildman–Crippen MR) is 143 cm³/mol. The van der Waals surface area contributed by atoms with Gasteiger partial charge in [-0.15, -0.1) is 10.2 Å². The number of aromatic nitrogens is 3. The highest BCUT2D eigenvalue weighted by molar-refractivity contribution is 7.93. The van der Waals surface area contributed by atoms with E-state index in [1.807, 2.05) is 18.4 Å². The number of anilines is 1. The number of halogens is 2. The molecule has 1 aliphatic rings. The Bertz CT molecular complexity index is 1350. The van der Waals surface area contributed by atoms with Crippen molar-refractivity contribution in [2.24, 2.45) is 0 Å². The first-order valence-electron chi connectivity index (χ1n) is 12.2. The first kappa shape index (κ1) is 27.5. The summed E-state index contributed by atoms with van der Waals surface area (Å²) in [5.74, 6) is 0.432. The number of hydrogen-bond donors (Lipinski definition) is 0. The molecule has 0 N–H and O–H groups in total. The lowest BCUT2D eigenvalue weighted by Crippen LogP contribution is -2.46. The van der Waals surface area contributed by atoms with E-state index in [-0.39, 0.29) is 21.6 Å². The van der Waals surface area contributed by atoms with Crippen LogP contribution < -0.4 is 4.31 Å². The van der Waals surface area contributed by atoms with Gasteiger partial charge in [-0.2, -0.15) is 0 Å². The van der Waals surface area contributed by atoms with Crippen molar-refractivity contribution in [2.45, 2.75) is 57.6 Å². The van der Waals surface area contributed by atoms with Crippen molar-refractivity contribution in [3.63, 3.8) is 0 Å². The highest BCUT2D eigenvalue weighted by atomic mass is 35.5. The van der Waals surface area contributed by atoms with Crippen molar-refractivity contribution >= 4 is 27.3 Å². The average molecular weight is 550 g/mol. The fourth-order valence-corrected chi connectivity index (χ4v) is 6.56. The van der Waals surface area contributed by atoms with Crippen LogP contribution in [0.3, 0.4) is 0 Å². The molecule has 2 aromatic carbocycles. The first-order chi connectivity index (χ1) is 17.4. The van der Waals surface area contributed by atoms with Crippen LogP contribution in [-0.2, 0) is 21.3 Å². The van der Waals surface area contributed by atoms with Crippen LogP contribution in [0.1, 0.15) is 46.5 Å². The van der Waals surface area contributed by atoms with E-state index in [1.165, 1.54) is 28.6 Å². The van der Waals surface area contributed by atoms with Gasteiger partial charge in [0, 0.05) is 36.3 Å². The van der Waals surface area contributed by atoms with Gasteiger partial charge in [0.25, 0.3) is 10.0 Å². The lowest BCUT2D eigenvalue weighted by molar-refractivity contribution is 0.0324. The van der Waals surface area contributed by atoms with E-state index in [0.29, 0.717) is 31.1 Å². The summed E-state index contributed by atoms with van der Waals surface area (Å²) in [5.41, 5.74) is -0.413. The molecule has 1 aromatic heterocycles. The van der Waals surface area contributed by atoms with Crippen LogP contribution in [0.15, 0.2) is 47.4 Å². The molecule has 11 heteroatoms. The second-order valence-corrected chi connectivity index (χ2v) is 12.5. The topological polar surface area (TPSA) is 80.6 Å². The molecule has 0 radical (unpaired) electrons. The molecule has 1 fully saturated rings. The van der Waals surface area contributed by atoms with Gasteiger partial charge >= 0.3 is 0 Å². The van der Waals surface area contributed by atoms with E-state index in [1.54, 1.807) is 39.0 Å². The van der Waals surface area contributed by atoms with E-state index >= 15 is 0 Å². The number of benzene rings is 2. The SMILES string of the molecule is CC(C)n1c(CN2CCOCC2)nnc1-c1cc(Cl)c(F)cc1N(C(C)(C)C)S(=O)(=O)c1ccccc1. The van der Waals surface area contributed by atoms with Gasteiger partial charge in [0.15, 0.2) is 5.82 Å². The Morgan fingerprint density at radius 3 is 2.35 bits per heavy atom. The van der Waals surface area contributed by atoms with Crippen LogP contribution >= 0.6 is 11.6 Å². The Morgan fingerprint density at radius 2 is 1.76 bits per heavy atom. The minimum absolute atomic E-state index is 0.0495. The molecular weight excluding hydrogens is 517 g/mol. The van der Waals surface area contributed by atoms with Crippen LogP contribution in [0.2, 0.25) is 5.02 Å². The van der Waals surface area contributed by atoms with Crippen LogP contribution in [-0.4, -0.2) is 59.9 Å². The molecule has 0 atom stereocenters. The smallest absolute Gasteiger partial charge is 0.264 e. The number of sulfonamides is 1. The van der Waals surface area contributed by atoms with Gasteiger partial charge in [-0.3, -0.25) is 9.21 Å². The standard InChI is InChI=1S/C26H33ClFN5O3S/c1-18(2)32-24(17-31-11-13-36-14-12-31)29-30-25(32)20-15-21(27)22(28)16-23(20)33(26(3,4)5)37(34,35)19-9-7-6-8-10-19/h6-10,15-16,18H,11-14,17H2,1-5H3. The maximum absolute atomic E-state index is 15.0. The van der Waals surface area contributed by atoms with Gasteiger partial charge in [0.05, 0.1) is 35.4 Å². The van der Waals surface area contributed by atoms with Crippen LogP contribution in [0.5, 0.6) is 0 Å². The lowest BCUT2D eigenvalue weighted by Gasteiger charge is -2.37. The molecule has 200 valence electrons. The highest BCUT2D eigenvalue weighted by Crippen LogP contribution is 2.41. The maximum Gasteiger partial charge on any atom is 0.264 e. The first-order valence-corrected chi connectivity index (χ1v) is 14.1. The molecule has 8 nitrogen and oxygen atoms in total. The number of ether oxygens (including phenoxy) is 1. The third-order valence-electron chi connectivity index (χ3n) is 6.14. The zero-order chi connectivity index (χ0) is 27.0. The molecule has 0 spiro atoms. The molecule has 4 rings (SSSR count). The molecule has 0 aliphatic carbocycles. The summed E-state index contributed by atoms with van der Waals surface area (Å²) in [7, 11) is -4.08. The lowest BCUT2D eigenvalue weighted by atomic mass is 10.1. The number of rotatable bonds is 7. The average Bonchev–Trinajstić information content (AvgIpc) is 3.25. The fourth-order valence-electron chi connectivity index (χ4n) is 4.55. The summed E-state index contributed by atoms with van der Waals surface area (Å²) >= 11 is 6.26. The number of nitrogens with zero attached hydrogens (tertiary/aromatic N) is 5. The molecular formula is C26H33ClFN5O3S. The zero-order valence-corrected chi connectivity index (χ0v) is 23.4. The summed E-state index contributed by atoms with van der Waals surface area (Å²) in [5, 5.41) is 8.82. The summed E-state index contributed by atoms with van der Waals surface area (Å²) in [4.78, 5) is 2.33. The Hall–Kier alpha value is -2.53. The molecule has 2 heterocycles. The monoisotopic (exact) mass is 549 g/mol. The molecule has 0 unspecified atom stereocenters. The quantitative estimate of drug-likeness (QED) is 0.406. The van der Waals surface area contributed by atoms with Crippen LogP contribution in [0.25, 0.3) is 11.4 Å². The largest absolute Gasteiger partial charge is 0.379 e. The normalized spacial score (nSPS) is 15.4. The van der Waals surface area contributed by atoms with E-state index in [0.717, 1.165) is 18.9 Å². The van der Waals surface area contributed by atoms with Crippen molar-refractivity contribution in [2.75, 3.05) is 30.6 Å². The van der Waals surface area contributed by atoms with Crippen molar-refractivity contribution < 1.29 is 17.5 Å². The third-order valence-corrected chi connectivity index (χ3v) is 8.52. The fraction of sp³-hybridized carbons (Fsp3) is 0.462. The van der Waals surface area contributed by atoms with E-state index in [9.17, 15) is 12.8 Å². The molecule has 1 saturated heterocycles. The minimum Gasteiger partial charge on any atom is -0.379 e. The van der Waals surface area contributed by atoms with E-state index in [2.05, 4.69) is 15.1 Å². The molecule has 1 aliphatic heterocycles. The van der Waals surface area contributed by atoms with Crippen molar-refractivity contribution in [3.05, 3.63) is 59.1 Å². The zero-order valence-electron chi connectivity index (χ0n) is 21.8. The van der Waals surface area contributed by atoms with Gasteiger partial charge < -0.3 is 9.30 Å². The van der Waals surface area contributed by atoms with Gasteiger partial charge in [0.1, 0.15) is 11.6 Å². The summed E-state index contributed by atoms with van der Waals surface area (Å²) < 4.78 is 51.5. The Balaban J connectivity index is 1.92. The molecule has 3 aromatic rings. The summed E-state index contributed by atoms with van der Waals surface area (Å²) in [6.45, 7) is 12.7. The second kappa shape index (κ2) is 10.7. The summed E-state index contributed by atoms with van der Waals surface area (Å²) in [6.07, 6.45) is 0. The maximum atomic E-state index is 15.0. The van der Waals surface area contributed by atoms with Crippen molar-refractivity contribution in [1.82, 2.24) is 19.7 Å². The Kier molecular flexibility index (Phi) is 7.94. The van der Waals surface area contributed by atoms with Crippen molar-refractivity contribution in [3.8, 4) is 11.4 Å². The highest BCUT2D eigenvalue weighted by Gasteiger charge is 2.37. The molecule has 0 amide bonds. The molecule has 0 bridgehead atoms. The van der Waals surface area contributed by atoms with Gasteiger partial charge in [-0.25, -0.2) is 12.8 Å². The van der Waals surface area contributed by atoms with Crippen LogP contribution in [0, 0.1) is 5.82 Å². The molecule has 0 saturated carbocycles. The number of hydrogen-bond acceptors (Lipinski definition) is 6. The summed E-state index contributed by atoms with van der Waals surface area (Å²) in [6, 6.07) is 10.7. The van der Waals surface area contributed by atoms with Gasteiger partial charge in [-0.1, -0.05) is 29.8 Å². The van der Waals surface area contributed by atoms with E-state index < -0.39 is 21.4 Å². The van der Waals surface area contributed by atoms with Gasteiger partial charge in [-0.05, 0) is 52.8 Å². The minimum atomic E-state index is -4.08. The van der Waals surface area contributed by atoms with Gasteiger partial charge in [0.2, 0.25) is 0 Å². The Morgan fingerprint density at radius 1 is 1.11 bits per heavy atom. The number of morpholine rings is 1. The van der Waals surface area contributed by atoms with Crippen molar-refractivity contribution in [1.29, 1.82) is 0 Å².